The van der Waals surface area contributed by atoms with E-state index in [-0.39, 0.29) is 12.1 Å². The summed E-state index contributed by atoms with van der Waals surface area (Å²) in [5.74, 6) is -6.45. The zero-order valence-corrected chi connectivity index (χ0v) is 23.1. The molecule has 2 aliphatic rings. The lowest BCUT2D eigenvalue weighted by molar-refractivity contribution is -0.873. The Morgan fingerprint density at radius 1 is 1.22 bits per heavy atom. The van der Waals surface area contributed by atoms with Crippen molar-refractivity contribution in [1.29, 1.82) is 0 Å². The van der Waals surface area contributed by atoms with Crippen molar-refractivity contribution >= 4 is 52.8 Å². The van der Waals surface area contributed by atoms with Crippen molar-refractivity contribution in [2.24, 2.45) is 0 Å². The number of carboxylic acids is 2. The Morgan fingerprint density at radius 2 is 1.86 bits per heavy atom. The Kier molecular flexibility index (Phi) is 7.99. The van der Waals surface area contributed by atoms with E-state index < -0.39 is 70.1 Å². The summed E-state index contributed by atoms with van der Waals surface area (Å²) in [7, 11) is 6.73. The number of carbonyl (C=O) groups is 5. The lowest BCUT2D eigenvalue weighted by Gasteiger charge is -2.51. The van der Waals surface area contributed by atoms with Crippen LogP contribution in [0, 0.1) is 0 Å². The maximum absolute atomic E-state index is 13.4. The Morgan fingerprint density at radius 3 is 2.35 bits per heavy atom. The molecule has 0 aromatic carbocycles. The van der Waals surface area contributed by atoms with Crippen molar-refractivity contribution < 1.29 is 48.1 Å². The molecule has 3 N–H and O–H groups in total. The third-order valence-corrected chi connectivity index (χ3v) is 8.50. The molecule has 14 heteroatoms. The fraction of sp³-hybridized carbons (Fsp3) is 0.609. The van der Waals surface area contributed by atoms with E-state index in [0.717, 1.165) is 0 Å². The standard InChI is InChI=1S/C23H31N3O9S2/c1-22(2)16(19(32)35-13(9-14(27)28)10-26(3,4)5)25-20(33)23(34-6,21(25)37-22)24-17(29)15(18(30)31)12-7-8-36-11-12/h7-8,11,13,15-16,21H,9-10H2,1-6H3,(H2-,24,27,28,29,30,31)/p+1/t13?,15?,16-,21+,23-/m0/s1. The van der Waals surface area contributed by atoms with Crippen LogP contribution in [0.3, 0.4) is 0 Å². The topological polar surface area (TPSA) is 160 Å². The predicted molar refractivity (Wildman–Crippen MR) is 134 cm³/mol. The largest absolute Gasteiger partial charge is 0.481 e. The van der Waals surface area contributed by atoms with Gasteiger partial charge in [0.2, 0.25) is 5.91 Å². The molecular formula is C23H32N3O9S2+. The van der Waals surface area contributed by atoms with Crippen LogP contribution in [0.1, 0.15) is 31.7 Å². The van der Waals surface area contributed by atoms with Crippen molar-refractivity contribution in [3.63, 3.8) is 0 Å². The summed E-state index contributed by atoms with van der Waals surface area (Å²) in [6.07, 6.45) is -1.31. The third kappa shape index (κ3) is 5.61. The van der Waals surface area contributed by atoms with Crippen molar-refractivity contribution in [2.75, 3.05) is 34.8 Å². The molecule has 1 aromatic rings. The van der Waals surface area contributed by atoms with Crippen molar-refractivity contribution in [2.45, 2.75) is 54.2 Å². The monoisotopic (exact) mass is 558 g/mol. The number of nitrogens with zero attached hydrogens (tertiary/aromatic N) is 2. The molecule has 2 amide bonds. The number of β-lactam (4-membered cyclic amide) rings is 1. The molecule has 204 valence electrons. The lowest BCUT2D eigenvalue weighted by atomic mass is 9.92. The first-order valence-corrected chi connectivity index (χ1v) is 13.2. The maximum Gasteiger partial charge on any atom is 0.330 e. The van der Waals surface area contributed by atoms with Gasteiger partial charge >= 0.3 is 17.9 Å². The number of methoxy groups -OCH3 is 1. The molecule has 2 aliphatic heterocycles. The van der Waals surface area contributed by atoms with Gasteiger partial charge in [0.25, 0.3) is 11.6 Å². The molecule has 3 heterocycles. The van der Waals surface area contributed by atoms with Gasteiger partial charge in [0.15, 0.2) is 12.0 Å². The fourth-order valence-corrected chi connectivity index (χ4v) is 7.00. The smallest absolute Gasteiger partial charge is 0.330 e. The highest BCUT2D eigenvalue weighted by Crippen LogP contribution is 2.55. The number of esters is 1. The molecule has 0 saturated carbocycles. The van der Waals surface area contributed by atoms with Gasteiger partial charge in [-0.25, -0.2) is 4.79 Å². The second-order valence-corrected chi connectivity index (χ2v) is 13.1. The minimum atomic E-state index is -1.87. The highest BCUT2D eigenvalue weighted by atomic mass is 32.2. The summed E-state index contributed by atoms with van der Waals surface area (Å²) in [4.78, 5) is 64.2. The number of amides is 2. The summed E-state index contributed by atoms with van der Waals surface area (Å²) >= 11 is 2.44. The van der Waals surface area contributed by atoms with E-state index in [9.17, 15) is 34.2 Å². The zero-order valence-electron chi connectivity index (χ0n) is 21.4. The number of hydrogen-bond acceptors (Lipinski definition) is 9. The first-order chi connectivity index (χ1) is 17.0. The van der Waals surface area contributed by atoms with Gasteiger partial charge in [0, 0.05) is 11.9 Å². The normalized spacial score (nSPS) is 26.0. The van der Waals surface area contributed by atoms with Crippen LogP contribution in [0.15, 0.2) is 16.8 Å². The van der Waals surface area contributed by atoms with E-state index in [2.05, 4.69) is 5.32 Å². The van der Waals surface area contributed by atoms with Crippen LogP contribution in [0.25, 0.3) is 0 Å². The first-order valence-electron chi connectivity index (χ1n) is 11.4. The van der Waals surface area contributed by atoms with Gasteiger partial charge in [-0.05, 0) is 36.2 Å². The summed E-state index contributed by atoms with van der Waals surface area (Å²) in [6.45, 7) is 3.71. The molecule has 2 fully saturated rings. The fourth-order valence-electron chi connectivity index (χ4n) is 4.64. The number of quaternary nitrogens is 1. The van der Waals surface area contributed by atoms with Gasteiger partial charge in [0.1, 0.15) is 18.0 Å². The first kappa shape index (κ1) is 28.9. The van der Waals surface area contributed by atoms with E-state index >= 15 is 0 Å². The number of thiophene rings is 1. The molecule has 0 bridgehead atoms. The highest BCUT2D eigenvalue weighted by molar-refractivity contribution is 8.01. The maximum atomic E-state index is 13.4. The van der Waals surface area contributed by atoms with Gasteiger partial charge in [-0.3, -0.25) is 19.2 Å². The Bertz CT molecular complexity index is 1090. The number of nitrogens with one attached hydrogen (secondary N) is 1. The van der Waals surface area contributed by atoms with Crippen molar-refractivity contribution in [3.8, 4) is 0 Å². The van der Waals surface area contributed by atoms with Crippen molar-refractivity contribution in [1.82, 2.24) is 10.2 Å². The number of hydrogen-bond donors (Lipinski definition) is 3. The average molecular weight is 559 g/mol. The van der Waals surface area contributed by atoms with Gasteiger partial charge in [-0.1, -0.05) is 0 Å². The van der Waals surface area contributed by atoms with E-state index in [1.54, 1.807) is 19.2 Å². The SMILES string of the molecule is CO[C@@]1(NC(=O)C(C(=O)O)c2ccsc2)C(=O)N2[C@@H](C(=O)OC(CC(=O)O)C[N+](C)(C)C)C(C)(C)S[C@@H]21. The summed E-state index contributed by atoms with van der Waals surface area (Å²) in [6, 6.07) is 0.437. The molecule has 3 rings (SSSR count). The molecule has 0 aliphatic carbocycles. The van der Waals surface area contributed by atoms with Crippen LogP contribution < -0.4 is 5.32 Å². The highest BCUT2D eigenvalue weighted by Gasteiger charge is 2.73. The number of likely N-dealkylation sites (N-methyl/N-ethyl adjacent to an activating group) is 1. The number of carboxylic acid groups (broad SMARTS) is 2. The number of thioether (sulfide) groups is 1. The number of rotatable bonds is 11. The van der Waals surface area contributed by atoms with Crippen LogP contribution >= 0.6 is 23.1 Å². The summed E-state index contributed by atoms with van der Waals surface area (Å²) in [5, 5.41) is 23.8. The lowest BCUT2D eigenvalue weighted by Crippen LogP contribution is -2.80. The van der Waals surface area contributed by atoms with Gasteiger partial charge in [-0.15, -0.1) is 11.8 Å². The molecule has 5 atom stereocenters. The van der Waals surface area contributed by atoms with Gasteiger partial charge in [-0.2, -0.15) is 11.3 Å². The second-order valence-electron chi connectivity index (χ2n) is 10.6. The van der Waals surface area contributed by atoms with Crippen molar-refractivity contribution in [3.05, 3.63) is 22.4 Å². The van der Waals surface area contributed by atoms with E-state index in [1.807, 2.05) is 21.1 Å². The quantitative estimate of drug-likeness (QED) is 0.115. The second kappa shape index (κ2) is 10.2. The molecule has 0 spiro atoms. The van der Waals surface area contributed by atoms with E-state index in [1.165, 1.54) is 46.6 Å². The van der Waals surface area contributed by atoms with Crippen LogP contribution in [-0.2, 0) is 33.4 Å². The average Bonchev–Trinajstić information content (AvgIpc) is 3.34. The van der Waals surface area contributed by atoms with Crippen LogP contribution in [0.5, 0.6) is 0 Å². The number of carbonyl (C=O) groups excluding carboxylic acids is 3. The molecule has 37 heavy (non-hydrogen) atoms. The van der Waals surface area contributed by atoms with Gasteiger partial charge < -0.3 is 34.4 Å². The number of ether oxygens (including phenoxy) is 2. The van der Waals surface area contributed by atoms with Crippen LogP contribution in [0.2, 0.25) is 0 Å². The number of fused-ring (bicyclic) bond motifs is 1. The molecule has 2 saturated heterocycles. The summed E-state index contributed by atoms with van der Waals surface area (Å²) in [5.41, 5.74) is -1.60. The minimum absolute atomic E-state index is 0.243. The van der Waals surface area contributed by atoms with Crippen LogP contribution in [0.4, 0.5) is 0 Å². The summed E-state index contributed by atoms with van der Waals surface area (Å²) < 4.78 is 10.6. The molecule has 12 nitrogen and oxygen atoms in total. The third-order valence-electron chi connectivity index (χ3n) is 6.18. The molecule has 0 radical (unpaired) electrons. The molecule has 2 unspecified atom stereocenters. The molecule has 1 aromatic heterocycles. The van der Waals surface area contributed by atoms with E-state index in [0.29, 0.717) is 4.48 Å². The Balaban J connectivity index is 1.84. The predicted octanol–water partition coefficient (Wildman–Crippen LogP) is 0.530. The number of aliphatic carboxylic acids is 2. The minimum Gasteiger partial charge on any atom is -0.481 e. The Labute approximate surface area is 222 Å². The zero-order chi connectivity index (χ0) is 27.9. The van der Waals surface area contributed by atoms with E-state index in [4.69, 9.17) is 9.47 Å². The van der Waals surface area contributed by atoms with Gasteiger partial charge in [0.05, 0.1) is 27.6 Å². The Hall–Kier alpha value is -2.68. The molecular weight excluding hydrogens is 526 g/mol. The van der Waals surface area contributed by atoms with Crippen LogP contribution in [-0.4, -0.2) is 112 Å².